The Morgan fingerprint density at radius 3 is 2.46 bits per heavy atom. The lowest BCUT2D eigenvalue weighted by atomic mass is 10.2. The SMILES string of the molecule is CC.C[C@H]1CN(C)CCN1CC#N. The van der Waals surface area contributed by atoms with E-state index in [-0.39, 0.29) is 0 Å². The third-order valence-corrected chi connectivity index (χ3v) is 2.24. The van der Waals surface area contributed by atoms with Crippen molar-refractivity contribution in [1.29, 1.82) is 5.26 Å². The third-order valence-electron chi connectivity index (χ3n) is 2.24. The van der Waals surface area contributed by atoms with Crippen molar-refractivity contribution in [3.63, 3.8) is 0 Å². The number of hydrogen-bond acceptors (Lipinski definition) is 3. The molecule has 0 unspecified atom stereocenters. The van der Waals surface area contributed by atoms with Crippen LogP contribution < -0.4 is 0 Å². The third kappa shape index (κ3) is 4.25. The summed E-state index contributed by atoms with van der Waals surface area (Å²) in [4.78, 5) is 4.53. The summed E-state index contributed by atoms with van der Waals surface area (Å²) in [6, 6.07) is 2.73. The molecule has 1 fully saturated rings. The first kappa shape index (κ1) is 12.4. The van der Waals surface area contributed by atoms with Crippen molar-refractivity contribution in [3.8, 4) is 6.07 Å². The van der Waals surface area contributed by atoms with Gasteiger partial charge in [0.1, 0.15) is 0 Å². The van der Waals surface area contributed by atoms with Crippen LogP contribution in [0.15, 0.2) is 0 Å². The average molecular weight is 183 g/mol. The normalized spacial score (nSPS) is 24.4. The van der Waals surface area contributed by atoms with E-state index in [1.807, 2.05) is 13.8 Å². The Morgan fingerprint density at radius 1 is 1.38 bits per heavy atom. The molecule has 3 heteroatoms. The van der Waals surface area contributed by atoms with E-state index in [1.165, 1.54) is 0 Å². The molecule has 0 aliphatic carbocycles. The standard InChI is InChI=1S/C8H15N3.C2H6/c1-8-7-10(2)5-6-11(8)4-3-9;1-2/h8H,4-7H2,1-2H3;1-2H3/t8-;/m0./s1. The maximum absolute atomic E-state index is 8.50. The zero-order valence-electron chi connectivity index (χ0n) is 9.25. The van der Waals surface area contributed by atoms with Gasteiger partial charge >= 0.3 is 0 Å². The highest BCUT2D eigenvalue weighted by atomic mass is 15.3. The topological polar surface area (TPSA) is 30.3 Å². The molecule has 0 aromatic heterocycles. The van der Waals surface area contributed by atoms with E-state index in [9.17, 15) is 0 Å². The van der Waals surface area contributed by atoms with E-state index in [1.54, 1.807) is 0 Å². The van der Waals surface area contributed by atoms with Gasteiger partial charge in [0, 0.05) is 25.7 Å². The Balaban J connectivity index is 0.000000671. The molecule has 13 heavy (non-hydrogen) atoms. The second-order valence-electron chi connectivity index (χ2n) is 3.24. The quantitative estimate of drug-likeness (QED) is 0.572. The fourth-order valence-electron chi connectivity index (χ4n) is 1.50. The molecule has 3 nitrogen and oxygen atoms in total. The average Bonchev–Trinajstić information content (AvgIpc) is 2.14. The molecule has 1 aliphatic heterocycles. The largest absolute Gasteiger partial charge is 0.304 e. The highest BCUT2D eigenvalue weighted by molar-refractivity contribution is 4.84. The number of piperazine rings is 1. The second kappa shape index (κ2) is 6.88. The highest BCUT2D eigenvalue weighted by Crippen LogP contribution is 2.05. The molecule has 0 spiro atoms. The number of hydrogen-bond donors (Lipinski definition) is 0. The minimum atomic E-state index is 0.536. The minimum absolute atomic E-state index is 0.536. The van der Waals surface area contributed by atoms with Gasteiger partial charge in [-0.3, -0.25) is 4.90 Å². The minimum Gasteiger partial charge on any atom is -0.304 e. The highest BCUT2D eigenvalue weighted by Gasteiger charge is 2.20. The van der Waals surface area contributed by atoms with Crippen LogP contribution in [0.3, 0.4) is 0 Å². The van der Waals surface area contributed by atoms with Crippen molar-refractivity contribution in [2.45, 2.75) is 26.8 Å². The smallest absolute Gasteiger partial charge is 0.0869 e. The molecule has 1 saturated heterocycles. The first-order chi connectivity index (χ1) is 6.24. The Bertz CT molecular complexity index is 162. The van der Waals surface area contributed by atoms with Gasteiger partial charge in [-0.05, 0) is 14.0 Å². The molecule has 0 radical (unpaired) electrons. The first-order valence-electron chi connectivity index (χ1n) is 5.03. The molecule has 76 valence electrons. The van der Waals surface area contributed by atoms with E-state index < -0.39 is 0 Å². The van der Waals surface area contributed by atoms with E-state index in [0.29, 0.717) is 12.6 Å². The zero-order chi connectivity index (χ0) is 10.3. The molecule has 0 amide bonds. The number of rotatable bonds is 1. The summed E-state index contributed by atoms with van der Waals surface area (Å²) in [6.07, 6.45) is 0. The van der Waals surface area contributed by atoms with Gasteiger partial charge in [0.05, 0.1) is 12.6 Å². The molecule has 0 N–H and O–H groups in total. The molecule has 1 heterocycles. The molecule has 0 saturated carbocycles. The maximum atomic E-state index is 8.50. The Morgan fingerprint density at radius 2 is 2.00 bits per heavy atom. The maximum Gasteiger partial charge on any atom is 0.0869 e. The van der Waals surface area contributed by atoms with Crippen molar-refractivity contribution in [1.82, 2.24) is 9.80 Å². The van der Waals surface area contributed by atoms with Gasteiger partial charge in [-0.25, -0.2) is 0 Å². The molecule has 1 aliphatic rings. The second-order valence-corrected chi connectivity index (χ2v) is 3.24. The summed E-state index contributed by atoms with van der Waals surface area (Å²) in [5, 5.41) is 8.50. The van der Waals surface area contributed by atoms with Crippen molar-refractivity contribution < 1.29 is 0 Å². The summed E-state index contributed by atoms with van der Waals surface area (Å²) in [5.41, 5.74) is 0. The number of nitriles is 1. The lowest BCUT2D eigenvalue weighted by Gasteiger charge is -2.36. The summed E-state index contributed by atoms with van der Waals surface area (Å²) in [6.45, 7) is 9.96. The predicted octanol–water partition coefficient (Wildman–Crippen LogP) is 1.17. The summed E-state index contributed by atoms with van der Waals surface area (Å²) < 4.78 is 0. The monoisotopic (exact) mass is 183 g/mol. The van der Waals surface area contributed by atoms with Crippen LogP contribution in [0.25, 0.3) is 0 Å². The number of likely N-dealkylation sites (N-methyl/N-ethyl adjacent to an activating group) is 1. The molecule has 0 aromatic carbocycles. The summed E-state index contributed by atoms with van der Waals surface area (Å²) >= 11 is 0. The van der Waals surface area contributed by atoms with Crippen molar-refractivity contribution in [3.05, 3.63) is 0 Å². The van der Waals surface area contributed by atoms with Crippen LogP contribution in [0.1, 0.15) is 20.8 Å². The summed E-state index contributed by atoms with van der Waals surface area (Å²) in [5.74, 6) is 0. The van der Waals surface area contributed by atoms with Crippen molar-refractivity contribution >= 4 is 0 Å². The summed E-state index contributed by atoms with van der Waals surface area (Å²) in [7, 11) is 2.13. The van der Waals surface area contributed by atoms with Gasteiger partial charge in [-0.2, -0.15) is 5.26 Å². The van der Waals surface area contributed by atoms with Crippen LogP contribution in [-0.4, -0.2) is 49.1 Å². The molecular weight excluding hydrogens is 162 g/mol. The van der Waals surface area contributed by atoms with E-state index in [4.69, 9.17) is 5.26 Å². The van der Waals surface area contributed by atoms with Crippen LogP contribution in [0, 0.1) is 11.3 Å². The van der Waals surface area contributed by atoms with Crippen LogP contribution in [0.2, 0.25) is 0 Å². The fraction of sp³-hybridized carbons (Fsp3) is 0.900. The van der Waals surface area contributed by atoms with Crippen LogP contribution in [0.5, 0.6) is 0 Å². The molecule has 0 bridgehead atoms. The fourth-order valence-corrected chi connectivity index (χ4v) is 1.50. The molecule has 1 atom stereocenters. The van der Waals surface area contributed by atoms with E-state index in [2.05, 4.69) is 29.8 Å². The molecule has 1 rings (SSSR count). The Kier molecular flexibility index (Phi) is 6.56. The van der Waals surface area contributed by atoms with Crippen LogP contribution >= 0.6 is 0 Å². The Hall–Kier alpha value is -0.590. The van der Waals surface area contributed by atoms with Gasteiger partial charge in [0.25, 0.3) is 0 Å². The first-order valence-corrected chi connectivity index (χ1v) is 5.03. The Labute approximate surface area is 81.9 Å². The lowest BCUT2D eigenvalue weighted by Crippen LogP contribution is -2.50. The van der Waals surface area contributed by atoms with Gasteiger partial charge in [-0.1, -0.05) is 13.8 Å². The molecular formula is C10H21N3. The lowest BCUT2D eigenvalue weighted by molar-refractivity contribution is 0.113. The zero-order valence-corrected chi connectivity index (χ0v) is 9.25. The van der Waals surface area contributed by atoms with Gasteiger partial charge in [0.15, 0.2) is 0 Å². The van der Waals surface area contributed by atoms with E-state index >= 15 is 0 Å². The van der Waals surface area contributed by atoms with Gasteiger partial charge in [-0.15, -0.1) is 0 Å². The van der Waals surface area contributed by atoms with Crippen molar-refractivity contribution in [2.75, 3.05) is 33.2 Å². The number of nitrogens with zero attached hydrogens (tertiary/aromatic N) is 3. The molecule has 0 aromatic rings. The van der Waals surface area contributed by atoms with Crippen LogP contribution in [0.4, 0.5) is 0 Å². The van der Waals surface area contributed by atoms with Gasteiger partial charge < -0.3 is 4.90 Å². The van der Waals surface area contributed by atoms with Crippen LogP contribution in [-0.2, 0) is 0 Å². The predicted molar refractivity (Wildman–Crippen MR) is 55.5 cm³/mol. The van der Waals surface area contributed by atoms with Gasteiger partial charge in [0.2, 0.25) is 0 Å². The van der Waals surface area contributed by atoms with E-state index in [0.717, 1.165) is 19.6 Å². The van der Waals surface area contributed by atoms with Crippen molar-refractivity contribution in [2.24, 2.45) is 0 Å².